The summed E-state index contributed by atoms with van der Waals surface area (Å²) in [5.41, 5.74) is 2.57. The number of pyridine rings is 2. The van der Waals surface area contributed by atoms with Crippen LogP contribution in [0.2, 0.25) is 0 Å². The molecule has 0 unspecified atom stereocenters. The van der Waals surface area contributed by atoms with Gasteiger partial charge in [0.25, 0.3) is 0 Å². The smallest absolute Gasteiger partial charge is 0.193 e. The first-order valence-electron chi connectivity index (χ1n) is 8.79. The van der Waals surface area contributed by atoms with Crippen molar-refractivity contribution >= 4 is 11.8 Å². The van der Waals surface area contributed by atoms with E-state index in [0.29, 0.717) is 0 Å². The molecule has 0 amide bonds. The van der Waals surface area contributed by atoms with Crippen LogP contribution in [0.1, 0.15) is 11.1 Å². The first-order valence-corrected chi connectivity index (χ1v) is 8.79. The number of rotatable bonds is 4. The normalized spacial score (nSPS) is 15.4. The number of aryl methyl sites for hydroxylation is 1. The average Bonchev–Trinajstić information content (AvgIpc) is 2.67. The van der Waals surface area contributed by atoms with Crippen molar-refractivity contribution in [3.8, 4) is 0 Å². The molecule has 132 valence electrons. The highest BCUT2D eigenvalue weighted by molar-refractivity contribution is 5.80. The molecule has 2 aromatic rings. The van der Waals surface area contributed by atoms with Gasteiger partial charge in [0, 0.05) is 58.4 Å². The fourth-order valence-corrected chi connectivity index (χ4v) is 3.11. The minimum Gasteiger partial charge on any atom is -0.356 e. The van der Waals surface area contributed by atoms with Gasteiger partial charge < -0.3 is 15.1 Å². The fourth-order valence-electron chi connectivity index (χ4n) is 3.11. The van der Waals surface area contributed by atoms with Gasteiger partial charge in [0.2, 0.25) is 0 Å². The zero-order valence-electron chi connectivity index (χ0n) is 15.0. The largest absolute Gasteiger partial charge is 0.356 e. The maximum Gasteiger partial charge on any atom is 0.193 e. The molecule has 2 aromatic heterocycles. The van der Waals surface area contributed by atoms with Crippen molar-refractivity contribution in [2.75, 3.05) is 44.7 Å². The molecule has 3 rings (SSSR count). The lowest BCUT2D eigenvalue weighted by Gasteiger charge is -2.37. The van der Waals surface area contributed by atoms with E-state index >= 15 is 0 Å². The van der Waals surface area contributed by atoms with Crippen molar-refractivity contribution in [2.24, 2.45) is 4.99 Å². The summed E-state index contributed by atoms with van der Waals surface area (Å²) in [6, 6.07) is 8.15. The zero-order valence-corrected chi connectivity index (χ0v) is 15.0. The number of piperazine rings is 1. The van der Waals surface area contributed by atoms with Gasteiger partial charge in [-0.25, -0.2) is 4.98 Å². The lowest BCUT2D eigenvalue weighted by molar-refractivity contribution is 0.372. The molecule has 1 aliphatic heterocycles. The van der Waals surface area contributed by atoms with E-state index in [9.17, 15) is 0 Å². The summed E-state index contributed by atoms with van der Waals surface area (Å²) in [6.07, 6.45) is 6.60. The molecule has 0 bridgehead atoms. The number of aliphatic imine (C=N–C) groups is 1. The van der Waals surface area contributed by atoms with Gasteiger partial charge in [-0.15, -0.1) is 0 Å². The third kappa shape index (κ3) is 4.47. The molecule has 6 heteroatoms. The molecular formula is C19H26N6. The van der Waals surface area contributed by atoms with E-state index in [-0.39, 0.29) is 0 Å². The number of hydrogen-bond acceptors (Lipinski definition) is 4. The quantitative estimate of drug-likeness (QED) is 0.680. The van der Waals surface area contributed by atoms with Crippen molar-refractivity contribution in [1.82, 2.24) is 20.2 Å². The van der Waals surface area contributed by atoms with Crippen LogP contribution in [0.3, 0.4) is 0 Å². The minimum absolute atomic E-state index is 0.873. The lowest BCUT2D eigenvalue weighted by atomic mass is 10.1. The summed E-state index contributed by atoms with van der Waals surface area (Å²) < 4.78 is 0. The first-order chi connectivity index (χ1) is 12.3. The molecule has 1 fully saturated rings. The Kier molecular flexibility index (Phi) is 5.82. The van der Waals surface area contributed by atoms with E-state index in [1.807, 2.05) is 37.8 Å². The Morgan fingerprint density at radius 1 is 1.16 bits per heavy atom. The zero-order chi connectivity index (χ0) is 17.5. The second kappa shape index (κ2) is 8.46. The Hall–Kier alpha value is -2.63. The van der Waals surface area contributed by atoms with E-state index in [2.05, 4.69) is 49.1 Å². The van der Waals surface area contributed by atoms with Crippen LogP contribution in [0, 0.1) is 6.92 Å². The topological polar surface area (TPSA) is 56.7 Å². The number of nitrogens with zero attached hydrogens (tertiary/aromatic N) is 5. The number of nitrogens with one attached hydrogen (secondary N) is 1. The molecule has 1 N–H and O–H groups in total. The predicted octanol–water partition coefficient (Wildman–Crippen LogP) is 1.73. The fraction of sp³-hybridized carbons (Fsp3) is 0.421. The summed E-state index contributed by atoms with van der Waals surface area (Å²) in [7, 11) is 1.85. The monoisotopic (exact) mass is 338 g/mol. The summed E-state index contributed by atoms with van der Waals surface area (Å²) in [6.45, 7) is 6.80. The van der Waals surface area contributed by atoms with Crippen molar-refractivity contribution < 1.29 is 0 Å². The highest BCUT2D eigenvalue weighted by atomic mass is 15.4. The van der Waals surface area contributed by atoms with E-state index in [1.165, 1.54) is 11.1 Å². The van der Waals surface area contributed by atoms with E-state index in [4.69, 9.17) is 0 Å². The van der Waals surface area contributed by atoms with Crippen LogP contribution < -0.4 is 10.2 Å². The van der Waals surface area contributed by atoms with Crippen molar-refractivity contribution in [2.45, 2.75) is 13.3 Å². The SMILES string of the molecule is CN=C(NCCc1ccncc1C)N1CCN(c2ccccn2)CC1. The van der Waals surface area contributed by atoms with Crippen molar-refractivity contribution in [3.05, 3.63) is 54.0 Å². The van der Waals surface area contributed by atoms with Gasteiger partial charge in [-0.05, 0) is 42.7 Å². The van der Waals surface area contributed by atoms with Crippen LogP contribution in [0.25, 0.3) is 0 Å². The molecule has 0 atom stereocenters. The molecule has 0 aliphatic carbocycles. The molecule has 0 saturated carbocycles. The number of hydrogen-bond donors (Lipinski definition) is 1. The van der Waals surface area contributed by atoms with Crippen molar-refractivity contribution in [1.29, 1.82) is 0 Å². The number of guanidine groups is 1. The third-order valence-corrected chi connectivity index (χ3v) is 4.58. The Labute approximate surface area is 149 Å². The number of anilines is 1. The Balaban J connectivity index is 1.49. The van der Waals surface area contributed by atoms with Crippen LogP contribution in [-0.4, -0.2) is 60.6 Å². The van der Waals surface area contributed by atoms with Crippen LogP contribution in [0.4, 0.5) is 5.82 Å². The Morgan fingerprint density at radius 2 is 2.00 bits per heavy atom. The van der Waals surface area contributed by atoms with Gasteiger partial charge in [-0.2, -0.15) is 0 Å². The van der Waals surface area contributed by atoms with Crippen molar-refractivity contribution in [3.63, 3.8) is 0 Å². The lowest BCUT2D eigenvalue weighted by Crippen LogP contribution is -2.53. The molecule has 1 saturated heterocycles. The first kappa shape index (κ1) is 17.2. The molecule has 1 aliphatic rings. The molecule has 0 aromatic carbocycles. The van der Waals surface area contributed by atoms with Gasteiger partial charge in [0.1, 0.15) is 5.82 Å². The number of aromatic nitrogens is 2. The van der Waals surface area contributed by atoms with Gasteiger partial charge in [0.05, 0.1) is 0 Å². The average molecular weight is 338 g/mol. The van der Waals surface area contributed by atoms with Gasteiger partial charge in [0.15, 0.2) is 5.96 Å². The predicted molar refractivity (Wildman–Crippen MR) is 102 cm³/mol. The van der Waals surface area contributed by atoms with E-state index in [0.717, 1.165) is 50.9 Å². The molecule has 6 nitrogen and oxygen atoms in total. The third-order valence-electron chi connectivity index (χ3n) is 4.58. The van der Waals surface area contributed by atoms with Gasteiger partial charge in [-0.3, -0.25) is 9.98 Å². The summed E-state index contributed by atoms with van der Waals surface area (Å²) in [4.78, 5) is 17.7. The van der Waals surface area contributed by atoms with Gasteiger partial charge >= 0.3 is 0 Å². The second-order valence-corrected chi connectivity index (χ2v) is 6.19. The maximum atomic E-state index is 4.45. The van der Waals surface area contributed by atoms with Crippen LogP contribution in [0.5, 0.6) is 0 Å². The highest BCUT2D eigenvalue weighted by Crippen LogP contribution is 2.12. The van der Waals surface area contributed by atoms with Crippen LogP contribution >= 0.6 is 0 Å². The highest BCUT2D eigenvalue weighted by Gasteiger charge is 2.20. The van der Waals surface area contributed by atoms with Gasteiger partial charge in [-0.1, -0.05) is 6.07 Å². The molecular weight excluding hydrogens is 312 g/mol. The Morgan fingerprint density at radius 3 is 2.68 bits per heavy atom. The maximum absolute atomic E-state index is 4.45. The summed E-state index contributed by atoms with van der Waals surface area (Å²) in [5, 5.41) is 3.49. The second-order valence-electron chi connectivity index (χ2n) is 6.19. The van der Waals surface area contributed by atoms with E-state index in [1.54, 1.807) is 0 Å². The minimum atomic E-state index is 0.873. The summed E-state index contributed by atoms with van der Waals surface area (Å²) in [5.74, 6) is 2.03. The standard InChI is InChI=1S/C19H26N6/c1-16-15-21-9-6-17(16)7-10-23-19(20-2)25-13-11-24(12-14-25)18-5-3-4-8-22-18/h3-6,8-9,15H,7,10-14H2,1-2H3,(H,20,23). The van der Waals surface area contributed by atoms with Crippen LogP contribution in [-0.2, 0) is 6.42 Å². The molecule has 25 heavy (non-hydrogen) atoms. The Bertz CT molecular complexity index is 692. The molecule has 0 radical (unpaired) electrons. The molecule has 3 heterocycles. The molecule has 0 spiro atoms. The van der Waals surface area contributed by atoms with E-state index < -0.39 is 0 Å². The van der Waals surface area contributed by atoms with Crippen LogP contribution in [0.15, 0.2) is 47.8 Å². The summed E-state index contributed by atoms with van der Waals surface area (Å²) >= 11 is 0.